The van der Waals surface area contributed by atoms with E-state index in [0.717, 1.165) is 24.3 Å². The maximum Gasteiger partial charge on any atom is 0.193 e. The normalized spacial score (nSPS) is 16.3. The Bertz CT molecular complexity index is 463. The Morgan fingerprint density at radius 2 is 2.05 bits per heavy atom. The summed E-state index contributed by atoms with van der Waals surface area (Å²) >= 11 is 0. The van der Waals surface area contributed by atoms with Crippen LogP contribution in [0.2, 0.25) is 0 Å². The van der Waals surface area contributed by atoms with Crippen molar-refractivity contribution in [2.24, 2.45) is 16.5 Å². The van der Waals surface area contributed by atoms with Crippen LogP contribution in [0.15, 0.2) is 23.2 Å². The zero-order valence-corrected chi connectivity index (χ0v) is 12.2. The fourth-order valence-electron chi connectivity index (χ4n) is 2.63. The molecule has 1 saturated heterocycles. The lowest BCUT2D eigenvalue weighted by Gasteiger charge is -2.30. The Hall–Kier alpha value is -1.75. The van der Waals surface area contributed by atoms with Gasteiger partial charge in [-0.1, -0.05) is 0 Å². The van der Waals surface area contributed by atoms with E-state index in [4.69, 9.17) is 11.5 Å². The van der Waals surface area contributed by atoms with Crippen molar-refractivity contribution in [3.63, 3.8) is 0 Å². The van der Waals surface area contributed by atoms with Gasteiger partial charge in [0.1, 0.15) is 0 Å². The van der Waals surface area contributed by atoms with Crippen molar-refractivity contribution in [3.05, 3.63) is 23.8 Å². The maximum absolute atomic E-state index is 5.90. The number of piperidine rings is 1. The highest BCUT2D eigenvalue weighted by Gasteiger charge is 2.14. The molecule has 110 valence electrons. The lowest BCUT2D eigenvalue weighted by atomic mass is 10.1. The first-order chi connectivity index (χ1) is 9.74. The van der Waals surface area contributed by atoms with E-state index < -0.39 is 0 Å². The zero-order valence-electron chi connectivity index (χ0n) is 12.2. The predicted octanol–water partition coefficient (Wildman–Crippen LogP) is 1.88. The van der Waals surface area contributed by atoms with E-state index in [-0.39, 0.29) is 0 Å². The van der Waals surface area contributed by atoms with Gasteiger partial charge in [0.25, 0.3) is 0 Å². The number of anilines is 2. The zero-order chi connectivity index (χ0) is 14.4. The van der Waals surface area contributed by atoms with E-state index in [2.05, 4.69) is 27.3 Å². The second kappa shape index (κ2) is 7.14. The molecule has 0 aromatic heterocycles. The fourth-order valence-corrected chi connectivity index (χ4v) is 2.63. The summed E-state index contributed by atoms with van der Waals surface area (Å²) in [6.07, 6.45) is 3.86. The Labute approximate surface area is 121 Å². The molecule has 1 fully saturated rings. The van der Waals surface area contributed by atoms with Crippen LogP contribution in [-0.4, -0.2) is 25.6 Å². The number of aliphatic imine (C=N–C) groups is 1. The summed E-state index contributed by atoms with van der Waals surface area (Å²) in [5, 5.41) is 3.10. The van der Waals surface area contributed by atoms with Crippen molar-refractivity contribution in [3.8, 4) is 0 Å². The van der Waals surface area contributed by atoms with Gasteiger partial charge >= 0.3 is 0 Å². The third kappa shape index (κ3) is 3.63. The monoisotopic (exact) mass is 275 g/mol. The van der Waals surface area contributed by atoms with Gasteiger partial charge < -0.3 is 21.7 Å². The van der Waals surface area contributed by atoms with Gasteiger partial charge in [-0.2, -0.15) is 0 Å². The minimum atomic E-state index is 0.446. The summed E-state index contributed by atoms with van der Waals surface area (Å²) in [6.45, 7) is 5.42. The van der Waals surface area contributed by atoms with Crippen LogP contribution in [0.1, 0.15) is 31.7 Å². The molecule has 1 aromatic rings. The third-order valence-corrected chi connectivity index (χ3v) is 3.60. The highest BCUT2D eigenvalue weighted by Crippen LogP contribution is 2.26. The average molecular weight is 275 g/mol. The number of hydrogen-bond donors (Lipinski definition) is 3. The molecule has 2 rings (SSSR count). The van der Waals surface area contributed by atoms with Gasteiger partial charge in [0, 0.05) is 37.6 Å². The van der Waals surface area contributed by atoms with Crippen LogP contribution in [-0.2, 0) is 6.54 Å². The smallest absolute Gasteiger partial charge is 0.193 e. The van der Waals surface area contributed by atoms with Crippen molar-refractivity contribution in [2.45, 2.75) is 32.7 Å². The van der Waals surface area contributed by atoms with Gasteiger partial charge in [0.15, 0.2) is 5.96 Å². The molecule has 1 aromatic carbocycles. The summed E-state index contributed by atoms with van der Waals surface area (Å²) in [5.41, 5.74) is 15.0. The first-order valence-electron chi connectivity index (χ1n) is 7.39. The van der Waals surface area contributed by atoms with Crippen molar-refractivity contribution in [1.29, 1.82) is 0 Å². The quantitative estimate of drug-likeness (QED) is 0.579. The summed E-state index contributed by atoms with van der Waals surface area (Å²) in [6, 6.07) is 6.25. The molecule has 0 bridgehead atoms. The number of nitrogens with one attached hydrogen (secondary N) is 1. The fraction of sp³-hybridized carbons (Fsp3) is 0.533. The Balaban J connectivity index is 2.16. The molecule has 0 amide bonds. The number of guanidine groups is 1. The minimum Gasteiger partial charge on any atom is -0.371 e. The molecule has 5 heteroatoms. The van der Waals surface area contributed by atoms with Gasteiger partial charge in [-0.05, 0) is 49.9 Å². The van der Waals surface area contributed by atoms with E-state index in [1.165, 1.54) is 24.9 Å². The molecule has 1 aliphatic rings. The van der Waals surface area contributed by atoms with Crippen molar-refractivity contribution in [2.75, 3.05) is 29.9 Å². The van der Waals surface area contributed by atoms with Crippen LogP contribution in [0.25, 0.3) is 0 Å². The Kier molecular flexibility index (Phi) is 5.24. The van der Waals surface area contributed by atoms with Crippen LogP contribution in [0, 0.1) is 0 Å². The molecule has 0 spiro atoms. The molecular weight excluding hydrogens is 250 g/mol. The average Bonchev–Trinajstić information content (AvgIpc) is 2.48. The van der Waals surface area contributed by atoms with Crippen molar-refractivity contribution >= 4 is 17.3 Å². The van der Waals surface area contributed by atoms with Gasteiger partial charge in [0.2, 0.25) is 0 Å². The standard InChI is InChI=1S/C15H25N5/c1-2-18-15(17)19-13-6-7-14(12(10-13)11-16)20-8-4-3-5-9-20/h6-7,10H,2-5,8-9,11,16H2,1H3,(H3,17,18,19). The number of nitrogens with zero attached hydrogens (tertiary/aromatic N) is 2. The van der Waals surface area contributed by atoms with E-state index in [1.54, 1.807) is 0 Å². The first kappa shape index (κ1) is 14.7. The number of nitrogens with two attached hydrogens (primary N) is 2. The van der Waals surface area contributed by atoms with Crippen molar-refractivity contribution < 1.29 is 0 Å². The summed E-state index contributed by atoms with van der Waals surface area (Å²) in [4.78, 5) is 6.56. The molecule has 5 N–H and O–H groups in total. The minimum absolute atomic E-state index is 0.446. The topological polar surface area (TPSA) is 79.7 Å². The van der Waals surface area contributed by atoms with E-state index in [0.29, 0.717) is 19.0 Å². The number of benzene rings is 1. The third-order valence-electron chi connectivity index (χ3n) is 3.60. The Morgan fingerprint density at radius 1 is 1.30 bits per heavy atom. The van der Waals surface area contributed by atoms with E-state index in [1.807, 2.05) is 13.0 Å². The largest absolute Gasteiger partial charge is 0.371 e. The second-order valence-electron chi connectivity index (χ2n) is 5.08. The molecule has 0 aliphatic carbocycles. The Morgan fingerprint density at radius 3 is 2.70 bits per heavy atom. The summed E-state index contributed by atoms with van der Waals surface area (Å²) in [5.74, 6) is 0.446. The second-order valence-corrected chi connectivity index (χ2v) is 5.08. The lowest BCUT2D eigenvalue weighted by molar-refractivity contribution is 0.576. The van der Waals surface area contributed by atoms with Crippen LogP contribution in [0.3, 0.4) is 0 Å². The van der Waals surface area contributed by atoms with Gasteiger partial charge in [-0.3, -0.25) is 4.99 Å². The number of hydrogen-bond acceptors (Lipinski definition) is 3. The molecule has 1 heterocycles. The van der Waals surface area contributed by atoms with Crippen LogP contribution in [0.5, 0.6) is 0 Å². The highest BCUT2D eigenvalue weighted by molar-refractivity contribution is 5.92. The molecule has 0 saturated carbocycles. The highest BCUT2D eigenvalue weighted by atomic mass is 15.1. The van der Waals surface area contributed by atoms with Crippen LogP contribution in [0.4, 0.5) is 11.4 Å². The molecular formula is C15H25N5. The van der Waals surface area contributed by atoms with E-state index >= 15 is 0 Å². The molecule has 0 atom stereocenters. The summed E-state index contributed by atoms with van der Waals surface area (Å²) < 4.78 is 0. The number of rotatable bonds is 4. The SMILES string of the molecule is CCN=C(N)Nc1ccc(N2CCCCC2)c(CN)c1. The van der Waals surface area contributed by atoms with E-state index in [9.17, 15) is 0 Å². The summed E-state index contributed by atoms with van der Waals surface area (Å²) in [7, 11) is 0. The van der Waals surface area contributed by atoms with Crippen LogP contribution < -0.4 is 21.7 Å². The molecule has 0 unspecified atom stereocenters. The molecule has 0 radical (unpaired) electrons. The van der Waals surface area contributed by atoms with Crippen molar-refractivity contribution in [1.82, 2.24) is 0 Å². The molecule has 1 aliphatic heterocycles. The predicted molar refractivity (Wildman–Crippen MR) is 86.2 cm³/mol. The molecule has 5 nitrogen and oxygen atoms in total. The first-order valence-corrected chi connectivity index (χ1v) is 7.39. The van der Waals surface area contributed by atoms with Gasteiger partial charge in [-0.15, -0.1) is 0 Å². The molecule has 20 heavy (non-hydrogen) atoms. The van der Waals surface area contributed by atoms with Gasteiger partial charge in [-0.25, -0.2) is 0 Å². The van der Waals surface area contributed by atoms with Gasteiger partial charge in [0.05, 0.1) is 0 Å². The van der Waals surface area contributed by atoms with Crippen LogP contribution >= 0.6 is 0 Å². The maximum atomic E-state index is 5.90. The lowest BCUT2D eigenvalue weighted by Crippen LogP contribution is -2.30.